The van der Waals surface area contributed by atoms with Crippen LogP contribution in [0.3, 0.4) is 0 Å². The number of hydrogen-bond acceptors (Lipinski definition) is 6. The zero-order chi connectivity index (χ0) is 23.7. The zero-order valence-corrected chi connectivity index (χ0v) is 18.7. The van der Waals surface area contributed by atoms with Crippen LogP contribution in [-0.4, -0.2) is 32.9 Å². The van der Waals surface area contributed by atoms with E-state index in [-0.39, 0.29) is 11.3 Å². The molecule has 3 aromatic carbocycles. The van der Waals surface area contributed by atoms with E-state index in [4.69, 9.17) is 4.74 Å². The summed E-state index contributed by atoms with van der Waals surface area (Å²) in [4.78, 5) is 13.4. The maximum absolute atomic E-state index is 13.4. The van der Waals surface area contributed by atoms with Gasteiger partial charge in [0.15, 0.2) is 5.16 Å². The highest BCUT2D eigenvalue weighted by Gasteiger charge is 2.19. The third kappa shape index (κ3) is 3.96. The number of benzene rings is 3. The molecule has 0 fully saturated rings. The molecule has 0 aliphatic rings. The average Bonchev–Trinajstić information content (AvgIpc) is 3.27. The molecule has 0 bridgehead atoms. The minimum atomic E-state index is -2.92. The van der Waals surface area contributed by atoms with Crippen molar-refractivity contribution < 1.29 is 18.3 Å². The first-order valence-corrected chi connectivity index (χ1v) is 11.2. The standard InChI is InChI=1S/C24H18F2N4O3S/c1-32-17-9-6-8-16(13-17)29-21(31)18-10-3-4-11-19(18)30-23(29)27-28-24(30)34-14-15-7-2-5-12-20(15)33-22(25)26/h2-13,22H,14H2,1H3. The van der Waals surface area contributed by atoms with E-state index in [1.165, 1.54) is 22.4 Å². The predicted molar refractivity (Wildman–Crippen MR) is 125 cm³/mol. The summed E-state index contributed by atoms with van der Waals surface area (Å²) in [7, 11) is 1.55. The quantitative estimate of drug-likeness (QED) is 0.308. The molecule has 0 unspecified atom stereocenters. The van der Waals surface area contributed by atoms with E-state index >= 15 is 0 Å². The van der Waals surface area contributed by atoms with Crippen molar-refractivity contribution in [2.75, 3.05) is 7.11 Å². The smallest absolute Gasteiger partial charge is 0.387 e. The summed E-state index contributed by atoms with van der Waals surface area (Å²) in [5.74, 6) is 1.35. The van der Waals surface area contributed by atoms with E-state index in [1.807, 2.05) is 12.1 Å². The van der Waals surface area contributed by atoms with Crippen LogP contribution in [0.15, 0.2) is 82.7 Å². The van der Waals surface area contributed by atoms with Crippen molar-refractivity contribution in [1.29, 1.82) is 0 Å². The Morgan fingerprint density at radius 2 is 1.79 bits per heavy atom. The monoisotopic (exact) mass is 480 g/mol. The summed E-state index contributed by atoms with van der Waals surface area (Å²) >= 11 is 1.31. The van der Waals surface area contributed by atoms with Gasteiger partial charge in [-0.1, -0.05) is 48.2 Å². The summed E-state index contributed by atoms with van der Waals surface area (Å²) in [6.07, 6.45) is 0. The normalized spacial score (nSPS) is 11.4. The van der Waals surface area contributed by atoms with Crippen molar-refractivity contribution >= 4 is 28.4 Å². The lowest BCUT2D eigenvalue weighted by Gasteiger charge is -2.12. The molecular weight excluding hydrogens is 462 g/mol. The summed E-state index contributed by atoms with van der Waals surface area (Å²) in [6, 6.07) is 20.9. The highest BCUT2D eigenvalue weighted by Crippen LogP contribution is 2.30. The number of hydrogen-bond donors (Lipinski definition) is 0. The lowest BCUT2D eigenvalue weighted by atomic mass is 10.2. The molecule has 5 rings (SSSR count). The number of nitrogens with zero attached hydrogens (tertiary/aromatic N) is 4. The van der Waals surface area contributed by atoms with E-state index in [0.717, 1.165) is 0 Å². The first-order chi connectivity index (χ1) is 16.6. The van der Waals surface area contributed by atoms with Gasteiger partial charge in [-0.2, -0.15) is 8.78 Å². The van der Waals surface area contributed by atoms with Crippen LogP contribution in [0, 0.1) is 0 Å². The van der Waals surface area contributed by atoms with Gasteiger partial charge in [0.25, 0.3) is 5.56 Å². The first kappa shape index (κ1) is 21.9. The van der Waals surface area contributed by atoms with Gasteiger partial charge in [-0.3, -0.25) is 9.20 Å². The molecule has 10 heteroatoms. The fraction of sp³-hybridized carbons (Fsp3) is 0.125. The number of ether oxygens (including phenoxy) is 2. The number of thioether (sulfide) groups is 1. The van der Waals surface area contributed by atoms with Crippen LogP contribution in [0.1, 0.15) is 5.56 Å². The second kappa shape index (κ2) is 9.14. The molecule has 5 aromatic rings. The molecule has 34 heavy (non-hydrogen) atoms. The van der Waals surface area contributed by atoms with Crippen LogP contribution in [0.4, 0.5) is 8.78 Å². The second-order valence-electron chi connectivity index (χ2n) is 7.25. The van der Waals surface area contributed by atoms with Crippen LogP contribution >= 0.6 is 11.8 Å². The van der Waals surface area contributed by atoms with Crippen LogP contribution in [0.2, 0.25) is 0 Å². The molecule has 0 aliphatic carbocycles. The van der Waals surface area contributed by atoms with Crippen LogP contribution < -0.4 is 15.0 Å². The average molecular weight is 480 g/mol. The third-order valence-corrected chi connectivity index (χ3v) is 6.23. The van der Waals surface area contributed by atoms with Gasteiger partial charge < -0.3 is 9.47 Å². The number of alkyl halides is 2. The molecule has 0 spiro atoms. The van der Waals surface area contributed by atoms with Gasteiger partial charge >= 0.3 is 6.61 Å². The number of fused-ring (bicyclic) bond motifs is 3. The van der Waals surface area contributed by atoms with Crippen LogP contribution in [0.5, 0.6) is 11.5 Å². The van der Waals surface area contributed by atoms with E-state index < -0.39 is 6.61 Å². The maximum atomic E-state index is 13.4. The predicted octanol–water partition coefficient (Wildman–Crippen LogP) is 4.94. The highest BCUT2D eigenvalue weighted by atomic mass is 32.2. The van der Waals surface area contributed by atoms with Gasteiger partial charge in [0, 0.05) is 17.4 Å². The van der Waals surface area contributed by atoms with Crippen LogP contribution in [0.25, 0.3) is 22.4 Å². The topological polar surface area (TPSA) is 70.7 Å². The van der Waals surface area contributed by atoms with Gasteiger partial charge in [0.05, 0.1) is 23.7 Å². The van der Waals surface area contributed by atoms with Gasteiger partial charge in [0.1, 0.15) is 11.5 Å². The minimum Gasteiger partial charge on any atom is -0.497 e. The number of aromatic nitrogens is 4. The van der Waals surface area contributed by atoms with E-state index in [2.05, 4.69) is 14.9 Å². The Morgan fingerprint density at radius 1 is 1.00 bits per heavy atom. The van der Waals surface area contributed by atoms with Crippen molar-refractivity contribution in [2.24, 2.45) is 0 Å². The second-order valence-corrected chi connectivity index (χ2v) is 8.19. The van der Waals surface area contributed by atoms with Gasteiger partial charge in [0.2, 0.25) is 5.78 Å². The summed E-state index contributed by atoms with van der Waals surface area (Å²) < 4.78 is 38.8. The van der Waals surface area contributed by atoms with E-state index in [1.54, 1.807) is 66.1 Å². The number of rotatable bonds is 7. The van der Waals surface area contributed by atoms with Crippen molar-refractivity contribution in [1.82, 2.24) is 19.2 Å². The Morgan fingerprint density at radius 3 is 2.62 bits per heavy atom. The first-order valence-electron chi connectivity index (χ1n) is 10.3. The van der Waals surface area contributed by atoms with Gasteiger partial charge in [-0.25, -0.2) is 4.57 Å². The van der Waals surface area contributed by atoms with Crippen molar-refractivity contribution in [3.63, 3.8) is 0 Å². The zero-order valence-electron chi connectivity index (χ0n) is 17.9. The molecule has 0 saturated carbocycles. The lowest BCUT2D eigenvalue weighted by molar-refractivity contribution is -0.0503. The molecule has 2 aromatic heterocycles. The molecule has 0 amide bonds. The SMILES string of the molecule is COc1cccc(-n2c(=O)c3ccccc3n3c(SCc4ccccc4OC(F)F)nnc23)c1. The molecule has 0 N–H and O–H groups in total. The molecule has 7 nitrogen and oxygen atoms in total. The Balaban J connectivity index is 1.65. The Hall–Kier alpha value is -3.92. The highest BCUT2D eigenvalue weighted by molar-refractivity contribution is 7.98. The number of methoxy groups -OCH3 is 1. The number of para-hydroxylation sites is 2. The van der Waals surface area contributed by atoms with E-state index in [0.29, 0.717) is 44.6 Å². The molecule has 0 saturated heterocycles. The summed E-state index contributed by atoms with van der Waals surface area (Å²) in [5.41, 5.74) is 1.58. The Labute approximate surface area is 196 Å². The van der Waals surface area contributed by atoms with E-state index in [9.17, 15) is 13.6 Å². The summed E-state index contributed by atoms with van der Waals surface area (Å²) in [6.45, 7) is -2.92. The van der Waals surface area contributed by atoms with Crippen molar-refractivity contribution in [2.45, 2.75) is 17.5 Å². The van der Waals surface area contributed by atoms with Gasteiger partial charge in [-0.05, 0) is 30.3 Å². The molecule has 0 radical (unpaired) electrons. The number of halogens is 2. The Bertz CT molecular complexity index is 1550. The third-order valence-electron chi connectivity index (χ3n) is 5.25. The molecule has 0 atom stereocenters. The van der Waals surface area contributed by atoms with Crippen molar-refractivity contribution in [3.05, 3.63) is 88.7 Å². The molecule has 2 heterocycles. The lowest BCUT2D eigenvalue weighted by Crippen LogP contribution is -2.21. The Kier molecular flexibility index (Phi) is 5.89. The molecule has 0 aliphatic heterocycles. The maximum Gasteiger partial charge on any atom is 0.387 e. The van der Waals surface area contributed by atoms with Crippen LogP contribution in [-0.2, 0) is 5.75 Å². The fourth-order valence-corrected chi connectivity index (χ4v) is 4.66. The minimum absolute atomic E-state index is 0.108. The largest absolute Gasteiger partial charge is 0.497 e. The summed E-state index contributed by atoms with van der Waals surface area (Å²) in [5, 5.41) is 9.62. The molecular formula is C24H18F2N4O3S. The molecule has 172 valence electrons. The fourth-order valence-electron chi connectivity index (χ4n) is 3.73. The van der Waals surface area contributed by atoms with Gasteiger partial charge in [-0.15, -0.1) is 10.2 Å². The van der Waals surface area contributed by atoms with Crippen molar-refractivity contribution in [3.8, 4) is 17.2 Å².